The maximum atomic E-state index is 12.8. The highest BCUT2D eigenvalue weighted by Crippen LogP contribution is 2.23. The molecule has 1 amide bonds. The second-order valence-corrected chi connectivity index (χ2v) is 7.67. The van der Waals surface area contributed by atoms with Gasteiger partial charge in [0.15, 0.2) is 0 Å². The minimum atomic E-state index is -0.488. The lowest BCUT2D eigenvalue weighted by Crippen LogP contribution is -2.45. The summed E-state index contributed by atoms with van der Waals surface area (Å²) in [7, 11) is 0. The van der Waals surface area contributed by atoms with Crippen LogP contribution in [0.4, 0.5) is 0 Å². The Morgan fingerprint density at radius 2 is 2.00 bits per heavy atom. The molecule has 3 aromatic rings. The van der Waals surface area contributed by atoms with E-state index in [1.165, 1.54) is 0 Å². The third kappa shape index (κ3) is 4.16. The van der Waals surface area contributed by atoms with Crippen LogP contribution in [-0.2, 0) is 6.42 Å². The maximum Gasteiger partial charge on any atom is 0.270 e. The number of para-hydroxylation sites is 1. The largest absolute Gasteiger partial charge is 0.391 e. The lowest BCUT2D eigenvalue weighted by Gasteiger charge is -2.28. The van der Waals surface area contributed by atoms with Crippen LogP contribution in [-0.4, -0.2) is 33.1 Å². The Bertz CT molecular complexity index is 991. The molecule has 1 aromatic carbocycles. The third-order valence-corrected chi connectivity index (χ3v) is 5.49. The standard InChI is InChI=1S/C22H22ClN3O2/c23-21-10-9-14(13-24-21)11-15-12-19(25-17-6-2-1-5-16(15)17)22(28)26-18-7-3-4-8-20(18)27/h1-2,5-6,9-10,12-13,18,20,27H,3-4,7-8,11H2,(H,26,28). The number of halogens is 1. The fraction of sp³-hybridized carbons (Fsp3) is 0.318. The zero-order valence-corrected chi connectivity index (χ0v) is 16.2. The number of nitrogens with one attached hydrogen (secondary N) is 1. The van der Waals surface area contributed by atoms with Crippen molar-refractivity contribution in [3.8, 4) is 0 Å². The minimum Gasteiger partial charge on any atom is -0.391 e. The Morgan fingerprint density at radius 1 is 1.18 bits per heavy atom. The summed E-state index contributed by atoms with van der Waals surface area (Å²) in [4.78, 5) is 21.5. The van der Waals surface area contributed by atoms with E-state index in [0.717, 1.165) is 47.7 Å². The van der Waals surface area contributed by atoms with Crippen LogP contribution in [0.15, 0.2) is 48.7 Å². The van der Waals surface area contributed by atoms with E-state index < -0.39 is 6.10 Å². The van der Waals surface area contributed by atoms with Gasteiger partial charge in [-0.2, -0.15) is 0 Å². The molecule has 2 N–H and O–H groups in total. The highest BCUT2D eigenvalue weighted by Gasteiger charge is 2.25. The van der Waals surface area contributed by atoms with E-state index in [9.17, 15) is 9.90 Å². The molecule has 0 radical (unpaired) electrons. The SMILES string of the molecule is O=C(NC1CCCCC1O)c1cc(Cc2ccc(Cl)nc2)c2ccccc2n1. The molecule has 144 valence electrons. The van der Waals surface area contributed by atoms with Crippen molar-refractivity contribution in [1.29, 1.82) is 0 Å². The number of aromatic nitrogens is 2. The Labute approximate surface area is 168 Å². The van der Waals surface area contributed by atoms with E-state index in [1.807, 2.05) is 36.4 Å². The van der Waals surface area contributed by atoms with E-state index >= 15 is 0 Å². The Hall–Kier alpha value is -2.50. The summed E-state index contributed by atoms with van der Waals surface area (Å²) < 4.78 is 0. The van der Waals surface area contributed by atoms with Crippen molar-refractivity contribution in [2.75, 3.05) is 0 Å². The lowest BCUT2D eigenvalue weighted by atomic mass is 9.92. The number of hydrogen-bond acceptors (Lipinski definition) is 4. The van der Waals surface area contributed by atoms with Crippen LogP contribution >= 0.6 is 11.6 Å². The molecule has 0 bridgehead atoms. The van der Waals surface area contributed by atoms with Crippen molar-refractivity contribution >= 4 is 28.4 Å². The van der Waals surface area contributed by atoms with Gasteiger partial charge < -0.3 is 10.4 Å². The summed E-state index contributed by atoms with van der Waals surface area (Å²) in [5.41, 5.74) is 3.16. The van der Waals surface area contributed by atoms with Crippen molar-refractivity contribution in [2.45, 2.75) is 44.2 Å². The number of aliphatic hydroxyl groups excluding tert-OH is 1. The van der Waals surface area contributed by atoms with Gasteiger partial charge in [-0.25, -0.2) is 9.97 Å². The van der Waals surface area contributed by atoms with E-state index in [0.29, 0.717) is 17.3 Å². The van der Waals surface area contributed by atoms with Crippen LogP contribution in [0.5, 0.6) is 0 Å². The average molecular weight is 396 g/mol. The Morgan fingerprint density at radius 3 is 2.79 bits per heavy atom. The predicted molar refractivity (Wildman–Crippen MR) is 110 cm³/mol. The normalized spacial score (nSPS) is 19.5. The van der Waals surface area contributed by atoms with Gasteiger partial charge in [0, 0.05) is 11.6 Å². The number of nitrogens with zero attached hydrogens (tertiary/aromatic N) is 2. The third-order valence-electron chi connectivity index (χ3n) is 5.26. The molecule has 2 atom stereocenters. The fourth-order valence-corrected chi connectivity index (χ4v) is 3.87. The lowest BCUT2D eigenvalue weighted by molar-refractivity contribution is 0.0714. The second kappa shape index (κ2) is 8.25. The zero-order valence-electron chi connectivity index (χ0n) is 15.4. The average Bonchev–Trinajstić information content (AvgIpc) is 2.71. The Balaban J connectivity index is 1.65. The first-order valence-electron chi connectivity index (χ1n) is 9.58. The molecular weight excluding hydrogens is 374 g/mol. The van der Waals surface area contributed by atoms with Crippen molar-refractivity contribution in [3.63, 3.8) is 0 Å². The molecular formula is C22H22ClN3O2. The number of benzene rings is 1. The monoisotopic (exact) mass is 395 g/mol. The number of rotatable bonds is 4. The molecule has 4 rings (SSSR count). The molecule has 0 aliphatic heterocycles. The molecule has 1 aliphatic rings. The van der Waals surface area contributed by atoms with Crippen molar-refractivity contribution in [1.82, 2.24) is 15.3 Å². The quantitative estimate of drug-likeness (QED) is 0.657. The number of fused-ring (bicyclic) bond motifs is 1. The van der Waals surface area contributed by atoms with Crippen molar-refractivity contribution in [3.05, 3.63) is 70.6 Å². The van der Waals surface area contributed by atoms with Gasteiger partial charge in [0.2, 0.25) is 0 Å². The number of carbonyl (C=O) groups excluding carboxylic acids is 1. The first-order valence-corrected chi connectivity index (χ1v) is 9.96. The van der Waals surface area contributed by atoms with Gasteiger partial charge in [-0.05, 0) is 48.6 Å². The molecule has 1 aliphatic carbocycles. The van der Waals surface area contributed by atoms with E-state index in [-0.39, 0.29) is 11.9 Å². The maximum absolute atomic E-state index is 12.8. The molecule has 1 fully saturated rings. The first-order chi connectivity index (χ1) is 13.6. The summed E-state index contributed by atoms with van der Waals surface area (Å²) in [6, 6.07) is 13.1. The molecule has 0 spiro atoms. The number of amides is 1. The van der Waals surface area contributed by atoms with Crippen LogP contribution in [0.1, 0.15) is 47.3 Å². The predicted octanol–water partition coefficient (Wildman–Crippen LogP) is 3.91. The number of carbonyl (C=O) groups is 1. The summed E-state index contributed by atoms with van der Waals surface area (Å²) in [6.07, 6.45) is 5.42. The molecule has 0 saturated heterocycles. The number of aliphatic hydroxyl groups is 1. The van der Waals surface area contributed by atoms with Gasteiger partial charge >= 0.3 is 0 Å². The fourth-order valence-electron chi connectivity index (χ4n) is 3.76. The smallest absolute Gasteiger partial charge is 0.270 e. The molecule has 2 unspecified atom stereocenters. The molecule has 6 heteroatoms. The summed E-state index contributed by atoms with van der Waals surface area (Å²) in [6.45, 7) is 0. The van der Waals surface area contributed by atoms with Gasteiger partial charge in [-0.15, -0.1) is 0 Å². The summed E-state index contributed by atoms with van der Waals surface area (Å²) in [5.74, 6) is -0.243. The van der Waals surface area contributed by atoms with Gasteiger partial charge in [-0.1, -0.05) is 48.7 Å². The molecule has 2 heterocycles. The number of hydrogen-bond donors (Lipinski definition) is 2. The van der Waals surface area contributed by atoms with Crippen LogP contribution in [0.2, 0.25) is 5.15 Å². The zero-order chi connectivity index (χ0) is 19.5. The highest BCUT2D eigenvalue weighted by atomic mass is 35.5. The van der Waals surface area contributed by atoms with Crippen molar-refractivity contribution < 1.29 is 9.90 Å². The number of pyridine rings is 2. The second-order valence-electron chi connectivity index (χ2n) is 7.28. The van der Waals surface area contributed by atoms with Crippen LogP contribution in [0.3, 0.4) is 0 Å². The van der Waals surface area contributed by atoms with Gasteiger partial charge in [0.05, 0.1) is 17.7 Å². The highest BCUT2D eigenvalue weighted by molar-refractivity contribution is 6.29. The summed E-state index contributed by atoms with van der Waals surface area (Å²) in [5, 5.41) is 14.6. The van der Waals surface area contributed by atoms with E-state index in [2.05, 4.69) is 15.3 Å². The molecule has 1 saturated carbocycles. The van der Waals surface area contributed by atoms with Crippen LogP contribution in [0.25, 0.3) is 10.9 Å². The van der Waals surface area contributed by atoms with Crippen LogP contribution in [0, 0.1) is 0 Å². The van der Waals surface area contributed by atoms with Gasteiger partial charge in [-0.3, -0.25) is 4.79 Å². The first kappa shape index (κ1) is 18.8. The van der Waals surface area contributed by atoms with E-state index in [1.54, 1.807) is 12.3 Å². The van der Waals surface area contributed by atoms with Gasteiger partial charge in [0.25, 0.3) is 5.91 Å². The molecule has 28 heavy (non-hydrogen) atoms. The molecule has 5 nitrogen and oxygen atoms in total. The Kier molecular flexibility index (Phi) is 5.55. The van der Waals surface area contributed by atoms with Gasteiger partial charge in [0.1, 0.15) is 10.8 Å². The topological polar surface area (TPSA) is 75.1 Å². The van der Waals surface area contributed by atoms with Crippen molar-refractivity contribution in [2.24, 2.45) is 0 Å². The van der Waals surface area contributed by atoms with Crippen LogP contribution < -0.4 is 5.32 Å². The minimum absolute atomic E-state index is 0.210. The summed E-state index contributed by atoms with van der Waals surface area (Å²) >= 11 is 5.89. The molecule has 2 aromatic heterocycles. The van der Waals surface area contributed by atoms with E-state index in [4.69, 9.17) is 11.6 Å².